The zero-order valence-electron chi connectivity index (χ0n) is 19.6. The first-order chi connectivity index (χ1) is 15.4. The Morgan fingerprint density at radius 3 is 2.81 bits per heavy atom. The topological polar surface area (TPSA) is 86.9 Å². The van der Waals surface area contributed by atoms with E-state index in [0.717, 1.165) is 45.0 Å². The van der Waals surface area contributed by atoms with Crippen LogP contribution in [0.25, 0.3) is 0 Å². The number of likely N-dealkylation sites (tertiary alicyclic amines) is 1. The van der Waals surface area contributed by atoms with Gasteiger partial charge in [-0.2, -0.15) is 4.98 Å². The van der Waals surface area contributed by atoms with Crippen molar-refractivity contribution in [3.05, 3.63) is 41.5 Å². The Morgan fingerprint density at radius 2 is 2.12 bits per heavy atom. The second-order valence-electron chi connectivity index (χ2n) is 9.58. The van der Waals surface area contributed by atoms with Crippen molar-refractivity contribution in [3.63, 3.8) is 0 Å². The zero-order valence-corrected chi connectivity index (χ0v) is 19.6. The molecular formula is C24H34N6O2. The minimum absolute atomic E-state index is 0.183. The van der Waals surface area contributed by atoms with E-state index in [-0.39, 0.29) is 11.3 Å². The molecule has 0 bridgehead atoms. The Balaban J connectivity index is 1.51. The average molecular weight is 439 g/mol. The average Bonchev–Trinajstić information content (AvgIpc) is 3.48. The number of benzene rings is 1. The molecule has 172 valence electrons. The van der Waals surface area contributed by atoms with Crippen LogP contribution < -0.4 is 10.2 Å². The first-order valence-electron chi connectivity index (χ1n) is 11.6. The van der Waals surface area contributed by atoms with Gasteiger partial charge in [-0.25, -0.2) is 4.99 Å². The highest BCUT2D eigenvalue weighted by atomic mass is 16.5. The number of rotatable bonds is 6. The third-order valence-electron chi connectivity index (χ3n) is 6.06. The van der Waals surface area contributed by atoms with Gasteiger partial charge in [0, 0.05) is 49.6 Å². The Labute approximate surface area is 190 Å². The van der Waals surface area contributed by atoms with Gasteiger partial charge >= 0.3 is 0 Å². The highest BCUT2D eigenvalue weighted by Crippen LogP contribution is 2.38. The van der Waals surface area contributed by atoms with Crippen molar-refractivity contribution in [2.75, 3.05) is 31.1 Å². The number of aliphatic imine (C=N–C) groups is 1. The molecule has 1 aromatic heterocycles. The normalized spacial score (nSPS) is 19.1. The van der Waals surface area contributed by atoms with Gasteiger partial charge in [-0.3, -0.25) is 4.79 Å². The van der Waals surface area contributed by atoms with E-state index < -0.39 is 0 Å². The summed E-state index contributed by atoms with van der Waals surface area (Å²) < 4.78 is 5.41. The van der Waals surface area contributed by atoms with Crippen LogP contribution in [0.3, 0.4) is 0 Å². The van der Waals surface area contributed by atoms with Gasteiger partial charge < -0.3 is 19.6 Å². The van der Waals surface area contributed by atoms with Crippen molar-refractivity contribution < 1.29 is 9.32 Å². The van der Waals surface area contributed by atoms with Crippen LogP contribution in [0.1, 0.15) is 70.2 Å². The van der Waals surface area contributed by atoms with Crippen molar-refractivity contribution in [1.82, 2.24) is 20.4 Å². The van der Waals surface area contributed by atoms with E-state index in [0.29, 0.717) is 30.6 Å². The maximum atomic E-state index is 12.0. The maximum absolute atomic E-state index is 12.0. The smallest absolute Gasteiger partial charge is 0.232 e. The molecule has 2 aliphatic heterocycles. The molecule has 8 heteroatoms. The Bertz CT molecular complexity index is 977. The number of para-hydroxylation sites is 1. The largest absolute Gasteiger partial charge is 0.356 e. The second kappa shape index (κ2) is 9.30. The number of hydrogen-bond acceptors (Lipinski definition) is 5. The summed E-state index contributed by atoms with van der Waals surface area (Å²) in [5, 5.41) is 7.53. The molecule has 3 heterocycles. The fourth-order valence-corrected chi connectivity index (χ4v) is 4.36. The number of carbonyl (C=O) groups excluding carboxylic acids is 1. The minimum atomic E-state index is -0.183. The van der Waals surface area contributed by atoms with E-state index in [1.54, 1.807) is 0 Å². The van der Waals surface area contributed by atoms with Gasteiger partial charge in [0.05, 0.1) is 0 Å². The number of fused-ring (bicyclic) bond motifs is 1. The maximum Gasteiger partial charge on any atom is 0.232 e. The molecule has 2 aliphatic rings. The van der Waals surface area contributed by atoms with Gasteiger partial charge in [-0.15, -0.1) is 0 Å². The predicted molar refractivity (Wildman–Crippen MR) is 125 cm³/mol. The summed E-state index contributed by atoms with van der Waals surface area (Å²) in [6, 6.07) is 8.50. The summed E-state index contributed by atoms with van der Waals surface area (Å²) in [7, 11) is 0. The van der Waals surface area contributed by atoms with Crippen LogP contribution in [-0.2, 0) is 16.8 Å². The van der Waals surface area contributed by atoms with Gasteiger partial charge in [-0.1, -0.05) is 44.1 Å². The number of hydrogen-bond donors (Lipinski definition) is 1. The molecule has 1 N–H and O–H groups in total. The van der Waals surface area contributed by atoms with E-state index in [4.69, 9.17) is 9.52 Å². The molecule has 1 amide bonds. The number of carbonyl (C=O) groups is 1. The van der Waals surface area contributed by atoms with E-state index in [1.165, 1.54) is 11.3 Å². The van der Waals surface area contributed by atoms with Crippen LogP contribution in [-0.4, -0.2) is 53.1 Å². The van der Waals surface area contributed by atoms with Crippen LogP contribution in [0.15, 0.2) is 33.8 Å². The number of guanidine groups is 1. The van der Waals surface area contributed by atoms with E-state index >= 15 is 0 Å². The number of anilines is 1. The van der Waals surface area contributed by atoms with Gasteiger partial charge in [-0.05, 0) is 31.4 Å². The lowest BCUT2D eigenvalue weighted by Crippen LogP contribution is -2.41. The monoisotopic (exact) mass is 438 g/mol. The molecule has 1 unspecified atom stereocenters. The molecule has 1 aromatic carbocycles. The summed E-state index contributed by atoms with van der Waals surface area (Å²) in [4.78, 5) is 25.6. The van der Waals surface area contributed by atoms with Gasteiger partial charge in [0.25, 0.3) is 0 Å². The third kappa shape index (κ3) is 4.79. The van der Waals surface area contributed by atoms with Gasteiger partial charge in [0.1, 0.15) is 6.54 Å². The summed E-state index contributed by atoms with van der Waals surface area (Å²) >= 11 is 0. The highest BCUT2D eigenvalue weighted by molar-refractivity contribution is 5.98. The Morgan fingerprint density at radius 1 is 1.31 bits per heavy atom. The predicted octanol–water partition coefficient (Wildman–Crippen LogP) is 3.45. The second-order valence-corrected chi connectivity index (χ2v) is 9.58. The summed E-state index contributed by atoms with van der Waals surface area (Å²) in [5.74, 6) is 2.68. The van der Waals surface area contributed by atoms with Gasteiger partial charge in [0.2, 0.25) is 11.8 Å². The molecule has 2 aromatic rings. The van der Waals surface area contributed by atoms with Crippen molar-refractivity contribution in [2.45, 2.75) is 64.8 Å². The van der Waals surface area contributed by atoms with Crippen LogP contribution >= 0.6 is 0 Å². The van der Waals surface area contributed by atoms with Gasteiger partial charge in [0.15, 0.2) is 11.8 Å². The van der Waals surface area contributed by atoms with E-state index in [9.17, 15) is 4.79 Å². The molecule has 32 heavy (non-hydrogen) atoms. The first-order valence-corrected chi connectivity index (χ1v) is 11.6. The molecule has 1 atom stereocenters. The molecule has 0 spiro atoms. The number of amides is 1. The minimum Gasteiger partial charge on any atom is -0.356 e. The lowest BCUT2D eigenvalue weighted by molar-refractivity contribution is -0.127. The quantitative estimate of drug-likeness (QED) is 0.549. The van der Waals surface area contributed by atoms with Crippen molar-refractivity contribution in [1.29, 1.82) is 0 Å². The number of aromatic nitrogens is 2. The highest BCUT2D eigenvalue weighted by Gasteiger charge is 2.32. The molecule has 1 fully saturated rings. The van der Waals surface area contributed by atoms with Crippen LogP contribution in [0.2, 0.25) is 0 Å². The molecule has 4 rings (SSSR count). The van der Waals surface area contributed by atoms with Crippen molar-refractivity contribution >= 4 is 17.6 Å². The molecule has 1 saturated heterocycles. The summed E-state index contributed by atoms with van der Waals surface area (Å²) in [5.41, 5.74) is 2.31. The molecular weight excluding hydrogens is 404 g/mol. The zero-order chi connectivity index (χ0) is 22.7. The lowest BCUT2D eigenvalue weighted by Gasteiger charge is -2.23. The third-order valence-corrected chi connectivity index (χ3v) is 6.06. The SMILES string of the molecule is CCNC(=NCc1noc(C(C)(C)C)n1)N1CC(CCN2CCCC2=O)c2ccccc21. The van der Waals surface area contributed by atoms with Crippen molar-refractivity contribution in [2.24, 2.45) is 4.99 Å². The first kappa shape index (κ1) is 22.3. The number of nitrogens with one attached hydrogen (secondary N) is 1. The Hall–Kier alpha value is -2.90. The number of nitrogens with zero attached hydrogens (tertiary/aromatic N) is 5. The molecule has 0 saturated carbocycles. The molecule has 0 aliphatic carbocycles. The Kier molecular flexibility index (Phi) is 6.48. The van der Waals surface area contributed by atoms with Crippen LogP contribution in [0.4, 0.5) is 5.69 Å². The molecule has 8 nitrogen and oxygen atoms in total. The van der Waals surface area contributed by atoms with E-state index in [2.05, 4.69) is 72.3 Å². The fraction of sp³-hybridized carbons (Fsp3) is 0.583. The van der Waals surface area contributed by atoms with Crippen molar-refractivity contribution in [3.8, 4) is 0 Å². The standard InChI is InChI=1S/C24H34N6O2/c1-5-25-23(26-15-20-27-22(32-28-20)24(2,3)4)30-16-17(18-9-6-7-10-19(18)30)12-14-29-13-8-11-21(29)31/h6-7,9-10,17H,5,8,11-16H2,1-4H3,(H,25,26). The summed E-state index contributed by atoms with van der Waals surface area (Å²) in [6.45, 7) is 11.9. The lowest BCUT2D eigenvalue weighted by atomic mass is 9.97. The van der Waals surface area contributed by atoms with Crippen LogP contribution in [0, 0.1) is 0 Å². The molecule has 0 radical (unpaired) electrons. The summed E-state index contributed by atoms with van der Waals surface area (Å²) in [6.07, 6.45) is 2.63. The fourth-order valence-electron chi connectivity index (χ4n) is 4.36. The van der Waals surface area contributed by atoms with Crippen LogP contribution in [0.5, 0.6) is 0 Å². The van der Waals surface area contributed by atoms with E-state index in [1.807, 2.05) is 4.90 Å².